The highest BCUT2D eigenvalue weighted by Crippen LogP contribution is 2.14. The third kappa shape index (κ3) is 4.80. The Balaban J connectivity index is 1.94. The van der Waals surface area contributed by atoms with Crippen LogP contribution in [0, 0.1) is 0 Å². The number of hydrogen-bond donors (Lipinski definition) is 1. The third-order valence-corrected chi connectivity index (χ3v) is 4.02. The molecule has 118 valence electrons. The summed E-state index contributed by atoms with van der Waals surface area (Å²) in [7, 11) is 0. The molecule has 2 rings (SSSR count). The summed E-state index contributed by atoms with van der Waals surface area (Å²) in [5.41, 5.74) is 0. The molecule has 0 radical (unpaired) electrons. The van der Waals surface area contributed by atoms with Crippen molar-refractivity contribution in [1.82, 2.24) is 10.2 Å². The van der Waals surface area contributed by atoms with Gasteiger partial charge >= 0.3 is 0 Å². The van der Waals surface area contributed by atoms with Crippen molar-refractivity contribution in [2.24, 2.45) is 0 Å². The van der Waals surface area contributed by atoms with Crippen LogP contribution in [-0.4, -0.2) is 29.2 Å². The van der Waals surface area contributed by atoms with Crippen molar-refractivity contribution in [3.05, 3.63) is 34.5 Å². The monoisotopic (exact) mass is 318 g/mol. The lowest BCUT2D eigenvalue weighted by Crippen LogP contribution is -2.26. The molecule has 0 aliphatic carbocycles. The summed E-state index contributed by atoms with van der Waals surface area (Å²) in [4.78, 5) is 15.2. The van der Waals surface area contributed by atoms with Crippen LogP contribution in [0.4, 0.5) is 11.6 Å². The van der Waals surface area contributed by atoms with Gasteiger partial charge in [-0.05, 0) is 36.4 Å². The highest BCUT2D eigenvalue weighted by atomic mass is 32.1. The van der Waals surface area contributed by atoms with Crippen LogP contribution in [0.15, 0.2) is 29.6 Å². The summed E-state index contributed by atoms with van der Waals surface area (Å²) in [5, 5.41) is 13.1. The second kappa shape index (κ2) is 8.48. The number of aromatic nitrogens is 2. The van der Waals surface area contributed by atoms with E-state index in [1.807, 2.05) is 29.6 Å². The van der Waals surface area contributed by atoms with Crippen molar-refractivity contribution in [1.29, 1.82) is 0 Å². The summed E-state index contributed by atoms with van der Waals surface area (Å²) >= 11 is 1.58. The first-order valence-electron chi connectivity index (χ1n) is 7.63. The van der Waals surface area contributed by atoms with Gasteiger partial charge in [-0.3, -0.25) is 4.79 Å². The Bertz CT molecular complexity index is 562. The van der Waals surface area contributed by atoms with Crippen LogP contribution in [0.25, 0.3) is 0 Å². The second-order valence-corrected chi connectivity index (χ2v) is 6.10. The Kier molecular flexibility index (Phi) is 6.33. The lowest BCUT2D eigenvalue weighted by atomic mass is 10.3. The first kappa shape index (κ1) is 16.4. The molecule has 6 heteroatoms. The minimum atomic E-state index is -0.0662. The van der Waals surface area contributed by atoms with E-state index in [1.165, 1.54) is 0 Å². The van der Waals surface area contributed by atoms with E-state index >= 15 is 0 Å². The Hall–Kier alpha value is -1.95. The van der Waals surface area contributed by atoms with Crippen LogP contribution >= 0.6 is 11.3 Å². The molecule has 0 saturated heterocycles. The molecular weight excluding hydrogens is 296 g/mol. The molecule has 1 amide bonds. The Morgan fingerprint density at radius 1 is 1.18 bits per heavy atom. The first-order chi connectivity index (χ1) is 10.7. The van der Waals surface area contributed by atoms with Crippen LogP contribution in [-0.2, 0) is 11.2 Å². The van der Waals surface area contributed by atoms with Gasteiger partial charge < -0.3 is 10.2 Å². The Morgan fingerprint density at radius 3 is 2.50 bits per heavy atom. The van der Waals surface area contributed by atoms with Crippen molar-refractivity contribution in [2.75, 3.05) is 23.3 Å². The smallest absolute Gasteiger partial charge is 0.230 e. The number of carbonyl (C=O) groups excluding carboxylic acids is 1. The van der Waals surface area contributed by atoms with E-state index < -0.39 is 0 Å². The number of nitrogens with zero attached hydrogens (tertiary/aromatic N) is 3. The molecule has 5 nitrogen and oxygen atoms in total. The molecule has 1 N–H and O–H groups in total. The number of hydrogen-bond acceptors (Lipinski definition) is 5. The number of rotatable bonds is 8. The average Bonchev–Trinajstić information content (AvgIpc) is 3.00. The van der Waals surface area contributed by atoms with Crippen molar-refractivity contribution in [2.45, 2.75) is 33.1 Å². The fourth-order valence-electron chi connectivity index (χ4n) is 2.20. The Labute approximate surface area is 135 Å². The predicted octanol–water partition coefficient (Wildman–Crippen LogP) is 3.35. The molecule has 22 heavy (non-hydrogen) atoms. The van der Waals surface area contributed by atoms with E-state index in [1.54, 1.807) is 11.3 Å². The van der Waals surface area contributed by atoms with Gasteiger partial charge in [0.2, 0.25) is 5.91 Å². The zero-order valence-corrected chi connectivity index (χ0v) is 13.9. The van der Waals surface area contributed by atoms with Gasteiger partial charge in [-0.2, -0.15) is 0 Å². The quantitative estimate of drug-likeness (QED) is 0.811. The van der Waals surface area contributed by atoms with Gasteiger partial charge in [0.25, 0.3) is 0 Å². The maximum atomic E-state index is 11.9. The number of nitrogens with one attached hydrogen (secondary N) is 1. The van der Waals surface area contributed by atoms with E-state index in [9.17, 15) is 4.79 Å². The largest absolute Gasteiger partial charge is 0.355 e. The van der Waals surface area contributed by atoms with Crippen LogP contribution in [0.5, 0.6) is 0 Å². The van der Waals surface area contributed by atoms with E-state index in [4.69, 9.17) is 0 Å². The summed E-state index contributed by atoms with van der Waals surface area (Å²) < 4.78 is 0. The van der Waals surface area contributed by atoms with Crippen molar-refractivity contribution >= 4 is 28.9 Å². The van der Waals surface area contributed by atoms with Gasteiger partial charge in [-0.25, -0.2) is 0 Å². The normalized spacial score (nSPS) is 10.5. The standard InChI is InChI=1S/C16H22N4OS/c1-3-9-20(10-4-2)15-8-7-14(18-19-15)17-16(21)12-13-6-5-11-22-13/h5-8,11H,3-4,9-10,12H2,1-2H3,(H,17,18,21). The molecule has 0 aromatic carbocycles. The first-order valence-corrected chi connectivity index (χ1v) is 8.51. The highest BCUT2D eigenvalue weighted by Gasteiger charge is 2.09. The van der Waals surface area contributed by atoms with Crippen molar-refractivity contribution < 1.29 is 4.79 Å². The van der Waals surface area contributed by atoms with Gasteiger partial charge in [0.05, 0.1) is 6.42 Å². The fourth-order valence-corrected chi connectivity index (χ4v) is 2.90. The highest BCUT2D eigenvalue weighted by molar-refractivity contribution is 7.10. The topological polar surface area (TPSA) is 58.1 Å². The van der Waals surface area contributed by atoms with Crippen molar-refractivity contribution in [3.63, 3.8) is 0 Å². The van der Waals surface area contributed by atoms with E-state index in [-0.39, 0.29) is 5.91 Å². The molecule has 2 aromatic rings. The van der Waals surface area contributed by atoms with E-state index in [0.29, 0.717) is 12.2 Å². The molecule has 0 saturated carbocycles. The zero-order valence-electron chi connectivity index (χ0n) is 13.1. The molecule has 0 unspecified atom stereocenters. The molecule has 0 fully saturated rings. The number of amides is 1. The summed E-state index contributed by atoms with van der Waals surface area (Å²) in [6.45, 7) is 6.23. The SMILES string of the molecule is CCCN(CCC)c1ccc(NC(=O)Cc2cccs2)nn1. The second-order valence-electron chi connectivity index (χ2n) is 5.07. The predicted molar refractivity (Wildman–Crippen MR) is 91.5 cm³/mol. The van der Waals surface area contributed by atoms with Crippen LogP contribution in [0.1, 0.15) is 31.6 Å². The number of anilines is 2. The maximum absolute atomic E-state index is 11.9. The fraction of sp³-hybridized carbons (Fsp3) is 0.438. The molecular formula is C16H22N4OS. The van der Waals surface area contributed by atoms with Crippen LogP contribution < -0.4 is 10.2 Å². The average molecular weight is 318 g/mol. The Morgan fingerprint density at radius 2 is 1.95 bits per heavy atom. The van der Waals surface area contributed by atoms with Crippen LogP contribution in [0.2, 0.25) is 0 Å². The van der Waals surface area contributed by atoms with E-state index in [0.717, 1.165) is 36.6 Å². The summed E-state index contributed by atoms with van der Waals surface area (Å²) in [6.07, 6.45) is 2.51. The third-order valence-electron chi connectivity index (χ3n) is 3.14. The molecule has 0 aliphatic heterocycles. The van der Waals surface area contributed by atoms with Gasteiger partial charge in [0.15, 0.2) is 11.6 Å². The van der Waals surface area contributed by atoms with E-state index in [2.05, 4.69) is 34.3 Å². The van der Waals surface area contributed by atoms with Crippen molar-refractivity contribution in [3.8, 4) is 0 Å². The van der Waals surface area contributed by atoms with Gasteiger partial charge in [0.1, 0.15) is 0 Å². The molecule has 0 atom stereocenters. The summed E-state index contributed by atoms with van der Waals surface area (Å²) in [6, 6.07) is 7.62. The molecule has 2 aromatic heterocycles. The number of carbonyl (C=O) groups is 1. The lowest BCUT2D eigenvalue weighted by Gasteiger charge is -2.21. The van der Waals surface area contributed by atoms with Gasteiger partial charge in [-0.1, -0.05) is 19.9 Å². The summed E-state index contributed by atoms with van der Waals surface area (Å²) in [5.74, 6) is 1.29. The molecule has 0 bridgehead atoms. The zero-order chi connectivity index (χ0) is 15.8. The number of thiophene rings is 1. The molecule has 0 aliphatic rings. The molecule has 2 heterocycles. The lowest BCUT2D eigenvalue weighted by molar-refractivity contribution is -0.115. The van der Waals surface area contributed by atoms with Gasteiger partial charge in [-0.15, -0.1) is 21.5 Å². The molecule has 0 spiro atoms. The van der Waals surface area contributed by atoms with Crippen LogP contribution in [0.3, 0.4) is 0 Å². The van der Waals surface area contributed by atoms with Gasteiger partial charge in [0, 0.05) is 18.0 Å². The maximum Gasteiger partial charge on any atom is 0.230 e. The minimum absolute atomic E-state index is 0.0662. The minimum Gasteiger partial charge on any atom is -0.355 e.